The fraction of sp³-hybridized carbons (Fsp3) is 0.500. The van der Waals surface area contributed by atoms with E-state index in [4.69, 9.17) is 5.11 Å². The lowest BCUT2D eigenvalue weighted by Gasteiger charge is -2.11. The van der Waals surface area contributed by atoms with Crippen LogP contribution in [-0.4, -0.2) is 41.2 Å². The molecule has 0 aromatic carbocycles. The molecule has 0 bridgehead atoms. The number of hydrogen-bond acceptors (Lipinski definition) is 5. The topological polar surface area (TPSA) is 70.1 Å². The van der Waals surface area contributed by atoms with Crippen molar-refractivity contribution in [2.75, 3.05) is 24.2 Å². The minimum absolute atomic E-state index is 0.252. The van der Waals surface area contributed by atoms with Crippen molar-refractivity contribution in [1.29, 1.82) is 0 Å². The van der Waals surface area contributed by atoms with Gasteiger partial charge in [-0.1, -0.05) is 0 Å². The number of hydrogen-bond donors (Lipinski definition) is 3. The summed E-state index contributed by atoms with van der Waals surface area (Å²) in [6.07, 6.45) is -2.98. The number of nitrogens with one attached hydrogen (secondary N) is 2. The molecule has 1 rings (SSSR count). The minimum Gasteiger partial charge on any atom is -0.385 e. The number of halogens is 2. The maximum absolute atomic E-state index is 11.9. The lowest BCUT2D eigenvalue weighted by molar-refractivity contribution is 0.00381. The van der Waals surface area contributed by atoms with E-state index in [1.165, 1.54) is 12.3 Å². The maximum atomic E-state index is 11.9. The summed E-state index contributed by atoms with van der Waals surface area (Å²) in [5.74, 6) is 0.764. The smallest absolute Gasteiger partial charge is 0.265 e. The van der Waals surface area contributed by atoms with Crippen molar-refractivity contribution in [1.82, 2.24) is 9.97 Å². The third kappa shape index (κ3) is 3.62. The van der Waals surface area contributed by atoms with Gasteiger partial charge >= 0.3 is 0 Å². The molecule has 0 amide bonds. The number of aliphatic hydroxyl groups excluding tert-OH is 1. The molecule has 1 atom stereocenters. The molecule has 84 valence electrons. The third-order valence-electron chi connectivity index (χ3n) is 1.66. The first kappa shape index (κ1) is 11.6. The van der Waals surface area contributed by atoms with Gasteiger partial charge in [-0.15, -0.1) is 0 Å². The molecule has 1 unspecified atom stereocenters. The predicted molar refractivity (Wildman–Crippen MR) is 52.1 cm³/mol. The maximum Gasteiger partial charge on any atom is 0.265 e. The van der Waals surface area contributed by atoms with Crippen molar-refractivity contribution in [3.63, 3.8) is 0 Å². The highest BCUT2D eigenvalue weighted by Gasteiger charge is 2.16. The second-order valence-electron chi connectivity index (χ2n) is 2.80. The van der Waals surface area contributed by atoms with Crippen LogP contribution in [0.1, 0.15) is 0 Å². The molecular formula is C8H12F2N4O. The van der Waals surface area contributed by atoms with E-state index >= 15 is 0 Å². The van der Waals surface area contributed by atoms with E-state index in [1.807, 2.05) is 0 Å². The third-order valence-corrected chi connectivity index (χ3v) is 1.66. The van der Waals surface area contributed by atoms with Gasteiger partial charge in [-0.25, -0.2) is 13.8 Å². The van der Waals surface area contributed by atoms with Crippen LogP contribution in [0.4, 0.5) is 20.5 Å². The second kappa shape index (κ2) is 5.40. The standard InChI is InChI=1S/C8H12F2N4O/c1-11-8-12-3-2-6(14-8)13-4-5(15)7(9)10/h2-3,5,7,15H,4H2,1H3,(H2,11,12,13,14). The summed E-state index contributed by atoms with van der Waals surface area (Å²) >= 11 is 0. The van der Waals surface area contributed by atoms with E-state index in [-0.39, 0.29) is 6.54 Å². The fourth-order valence-corrected chi connectivity index (χ4v) is 0.876. The molecule has 0 radical (unpaired) electrons. The lowest BCUT2D eigenvalue weighted by atomic mass is 10.3. The molecule has 0 spiro atoms. The lowest BCUT2D eigenvalue weighted by Crippen LogP contribution is -2.27. The zero-order valence-electron chi connectivity index (χ0n) is 8.11. The molecule has 1 aromatic rings. The van der Waals surface area contributed by atoms with Crippen LogP contribution in [0, 0.1) is 0 Å². The van der Waals surface area contributed by atoms with Gasteiger partial charge in [0, 0.05) is 19.8 Å². The number of alkyl halides is 2. The minimum atomic E-state index is -2.76. The monoisotopic (exact) mass is 218 g/mol. The van der Waals surface area contributed by atoms with Gasteiger partial charge in [0.05, 0.1) is 0 Å². The summed E-state index contributed by atoms with van der Waals surface area (Å²) in [5.41, 5.74) is 0. The van der Waals surface area contributed by atoms with E-state index < -0.39 is 12.5 Å². The molecule has 7 heteroatoms. The van der Waals surface area contributed by atoms with Gasteiger partial charge in [0.15, 0.2) is 0 Å². The molecule has 15 heavy (non-hydrogen) atoms. The van der Waals surface area contributed by atoms with Crippen molar-refractivity contribution in [2.24, 2.45) is 0 Å². The Morgan fingerprint density at radius 2 is 2.27 bits per heavy atom. The highest BCUT2D eigenvalue weighted by molar-refractivity contribution is 5.39. The Bertz CT molecular complexity index is 310. The van der Waals surface area contributed by atoms with E-state index in [2.05, 4.69) is 20.6 Å². The highest BCUT2D eigenvalue weighted by atomic mass is 19.3. The SMILES string of the molecule is CNc1nccc(NCC(O)C(F)F)n1. The summed E-state index contributed by atoms with van der Waals surface area (Å²) in [7, 11) is 1.65. The molecule has 0 aliphatic carbocycles. The quantitative estimate of drug-likeness (QED) is 0.673. The van der Waals surface area contributed by atoms with Crippen molar-refractivity contribution >= 4 is 11.8 Å². The van der Waals surface area contributed by atoms with Crippen LogP contribution in [0.2, 0.25) is 0 Å². The summed E-state index contributed by atoms with van der Waals surface area (Å²) in [6, 6.07) is 1.53. The van der Waals surface area contributed by atoms with Crippen LogP contribution < -0.4 is 10.6 Å². The molecule has 0 saturated heterocycles. The number of anilines is 2. The molecule has 0 saturated carbocycles. The average molecular weight is 218 g/mol. The first-order valence-electron chi connectivity index (χ1n) is 4.34. The first-order chi connectivity index (χ1) is 7.13. The normalized spacial score (nSPS) is 12.6. The average Bonchev–Trinajstić information content (AvgIpc) is 2.26. The van der Waals surface area contributed by atoms with E-state index in [0.717, 1.165) is 0 Å². The van der Waals surface area contributed by atoms with E-state index in [0.29, 0.717) is 11.8 Å². The van der Waals surface area contributed by atoms with Crippen molar-refractivity contribution in [3.05, 3.63) is 12.3 Å². The molecule has 3 N–H and O–H groups in total. The molecule has 1 heterocycles. The Labute approximate surface area is 85.6 Å². The summed E-state index contributed by atoms with van der Waals surface area (Å²) in [6.45, 7) is -0.252. The van der Waals surface area contributed by atoms with Crippen molar-refractivity contribution < 1.29 is 13.9 Å². The van der Waals surface area contributed by atoms with Crippen molar-refractivity contribution in [2.45, 2.75) is 12.5 Å². The van der Waals surface area contributed by atoms with Crippen LogP contribution in [-0.2, 0) is 0 Å². The summed E-state index contributed by atoms with van der Waals surface area (Å²) < 4.78 is 23.9. The van der Waals surface area contributed by atoms with Gasteiger partial charge in [0.1, 0.15) is 11.9 Å². The van der Waals surface area contributed by atoms with Gasteiger partial charge in [-0.3, -0.25) is 0 Å². The molecule has 0 aliphatic heterocycles. The zero-order chi connectivity index (χ0) is 11.3. The Balaban J connectivity index is 2.50. The highest BCUT2D eigenvalue weighted by Crippen LogP contribution is 2.06. The Morgan fingerprint density at radius 1 is 1.53 bits per heavy atom. The second-order valence-corrected chi connectivity index (χ2v) is 2.80. The van der Waals surface area contributed by atoms with Crippen LogP contribution in [0.25, 0.3) is 0 Å². The first-order valence-corrected chi connectivity index (χ1v) is 4.34. The Morgan fingerprint density at radius 3 is 2.87 bits per heavy atom. The van der Waals surface area contributed by atoms with E-state index in [9.17, 15) is 8.78 Å². The van der Waals surface area contributed by atoms with Gasteiger partial charge < -0.3 is 15.7 Å². The van der Waals surface area contributed by atoms with Crippen molar-refractivity contribution in [3.8, 4) is 0 Å². The molecule has 0 aliphatic rings. The Hall–Kier alpha value is -1.50. The van der Waals surface area contributed by atoms with Gasteiger partial charge in [-0.05, 0) is 6.07 Å². The summed E-state index contributed by atoms with van der Waals surface area (Å²) in [4.78, 5) is 7.78. The van der Waals surface area contributed by atoms with Crippen LogP contribution >= 0.6 is 0 Å². The van der Waals surface area contributed by atoms with Crippen LogP contribution in [0.3, 0.4) is 0 Å². The zero-order valence-corrected chi connectivity index (χ0v) is 8.11. The van der Waals surface area contributed by atoms with Crippen LogP contribution in [0.5, 0.6) is 0 Å². The van der Waals surface area contributed by atoms with Gasteiger partial charge in [0.2, 0.25) is 5.95 Å². The molecular weight excluding hydrogens is 206 g/mol. The molecule has 5 nitrogen and oxygen atoms in total. The predicted octanol–water partition coefficient (Wildman–Crippen LogP) is 0.556. The fourth-order valence-electron chi connectivity index (χ4n) is 0.876. The largest absolute Gasteiger partial charge is 0.385 e. The Kier molecular flexibility index (Phi) is 4.17. The van der Waals surface area contributed by atoms with Gasteiger partial charge in [-0.2, -0.15) is 4.98 Å². The number of aliphatic hydroxyl groups is 1. The summed E-state index contributed by atoms with van der Waals surface area (Å²) in [5, 5.41) is 14.1. The number of rotatable bonds is 5. The number of nitrogens with zero attached hydrogens (tertiary/aromatic N) is 2. The van der Waals surface area contributed by atoms with E-state index in [1.54, 1.807) is 7.05 Å². The number of aromatic nitrogens is 2. The molecule has 1 aromatic heterocycles. The van der Waals surface area contributed by atoms with Gasteiger partial charge in [0.25, 0.3) is 6.43 Å². The molecule has 0 fully saturated rings. The van der Waals surface area contributed by atoms with Crippen LogP contribution in [0.15, 0.2) is 12.3 Å².